The van der Waals surface area contributed by atoms with Crippen molar-refractivity contribution in [2.24, 2.45) is 0 Å². The van der Waals surface area contributed by atoms with Crippen molar-refractivity contribution in [3.05, 3.63) is 57.9 Å². The summed E-state index contributed by atoms with van der Waals surface area (Å²) in [6, 6.07) is 10.2. The highest BCUT2D eigenvalue weighted by atomic mass is 16.5. The number of benzene rings is 2. The Bertz CT molecular complexity index is 1150. The number of carbonyl (C=O) groups excluding carboxylic acids is 1. The molecular formula is C23H25NO7. The van der Waals surface area contributed by atoms with Gasteiger partial charge in [-0.25, -0.2) is 0 Å². The highest BCUT2D eigenvalue weighted by Gasteiger charge is 2.31. The van der Waals surface area contributed by atoms with Crippen LogP contribution >= 0.6 is 0 Å². The van der Waals surface area contributed by atoms with Gasteiger partial charge in [0.25, 0.3) is 5.56 Å². The number of hydrogen-bond donors (Lipinski definition) is 2. The van der Waals surface area contributed by atoms with Crippen molar-refractivity contribution >= 4 is 16.9 Å². The van der Waals surface area contributed by atoms with E-state index in [-0.39, 0.29) is 24.3 Å². The summed E-state index contributed by atoms with van der Waals surface area (Å²) in [7, 11) is 4.41. The minimum absolute atomic E-state index is 0.0391. The van der Waals surface area contributed by atoms with Crippen LogP contribution in [0.25, 0.3) is 10.9 Å². The molecule has 31 heavy (non-hydrogen) atoms. The summed E-state index contributed by atoms with van der Waals surface area (Å²) in [6.07, 6.45) is -0.186. The Morgan fingerprint density at radius 3 is 2.39 bits per heavy atom. The molecule has 0 amide bonds. The lowest BCUT2D eigenvalue weighted by Crippen LogP contribution is -2.21. The number of aromatic amines is 1. The number of rotatable bonds is 8. The molecule has 0 saturated heterocycles. The highest BCUT2D eigenvalue weighted by Crippen LogP contribution is 2.46. The molecule has 3 aromatic rings. The third-order valence-corrected chi connectivity index (χ3v) is 5.06. The maximum Gasteiger partial charge on any atom is 0.306 e. The molecule has 0 saturated carbocycles. The largest absolute Gasteiger partial charge is 0.507 e. The average Bonchev–Trinajstić information content (AvgIpc) is 2.77. The number of nitrogens with one attached hydrogen (secondary N) is 1. The summed E-state index contributed by atoms with van der Waals surface area (Å²) in [5.74, 6) is -0.547. The second-order valence-corrected chi connectivity index (χ2v) is 6.75. The number of aromatic nitrogens is 1. The minimum Gasteiger partial charge on any atom is -0.507 e. The Hall–Kier alpha value is -3.68. The van der Waals surface area contributed by atoms with Gasteiger partial charge in [0.2, 0.25) is 5.75 Å². The molecule has 164 valence electrons. The zero-order chi connectivity index (χ0) is 22.5. The van der Waals surface area contributed by atoms with Gasteiger partial charge in [-0.3, -0.25) is 9.59 Å². The first kappa shape index (κ1) is 22.0. The van der Waals surface area contributed by atoms with Crippen LogP contribution < -0.4 is 19.8 Å². The van der Waals surface area contributed by atoms with Gasteiger partial charge in [-0.15, -0.1) is 0 Å². The zero-order valence-corrected chi connectivity index (χ0v) is 17.9. The Morgan fingerprint density at radius 1 is 1.03 bits per heavy atom. The lowest BCUT2D eigenvalue weighted by atomic mass is 9.86. The number of carbonyl (C=O) groups is 1. The molecule has 1 heterocycles. The number of hydrogen-bond acceptors (Lipinski definition) is 7. The Morgan fingerprint density at radius 2 is 1.74 bits per heavy atom. The van der Waals surface area contributed by atoms with Crippen LogP contribution in [0.1, 0.15) is 30.4 Å². The second kappa shape index (κ2) is 9.42. The number of H-pyrrole nitrogens is 1. The van der Waals surface area contributed by atoms with Gasteiger partial charge in [-0.05, 0) is 25.1 Å². The molecule has 0 bridgehead atoms. The fourth-order valence-corrected chi connectivity index (χ4v) is 3.72. The van der Waals surface area contributed by atoms with E-state index >= 15 is 0 Å². The number of ether oxygens (including phenoxy) is 4. The topological polar surface area (TPSA) is 107 Å². The molecule has 0 aliphatic carbocycles. The van der Waals surface area contributed by atoms with Crippen molar-refractivity contribution in [2.75, 3.05) is 27.9 Å². The summed E-state index contributed by atoms with van der Waals surface area (Å²) in [5, 5.41) is 11.5. The van der Waals surface area contributed by atoms with E-state index in [1.807, 2.05) is 0 Å². The molecule has 1 atom stereocenters. The van der Waals surface area contributed by atoms with Crippen LogP contribution in [-0.4, -0.2) is 44.0 Å². The Kier molecular flexibility index (Phi) is 6.69. The monoisotopic (exact) mass is 427 g/mol. The molecule has 0 spiro atoms. The highest BCUT2D eigenvalue weighted by molar-refractivity contribution is 5.86. The lowest BCUT2D eigenvalue weighted by Gasteiger charge is -2.23. The fraction of sp³-hybridized carbons (Fsp3) is 0.304. The predicted octanol–water partition coefficient (Wildman–Crippen LogP) is 3.34. The molecular weight excluding hydrogens is 402 g/mol. The van der Waals surface area contributed by atoms with Crippen molar-refractivity contribution in [1.29, 1.82) is 0 Å². The maximum atomic E-state index is 13.0. The first-order valence-corrected chi connectivity index (χ1v) is 9.75. The van der Waals surface area contributed by atoms with E-state index < -0.39 is 17.4 Å². The SMILES string of the molecule is CCOC(=O)C[C@H](c1ccc(OC)c(OC)c1OC)c1c(O)c2ccccc2[nH]c1=O. The fourth-order valence-electron chi connectivity index (χ4n) is 3.72. The number of esters is 1. The van der Waals surface area contributed by atoms with Crippen molar-refractivity contribution in [3.8, 4) is 23.0 Å². The Balaban J connectivity index is 2.30. The number of aromatic hydroxyl groups is 1. The molecule has 3 rings (SSSR count). The molecule has 8 nitrogen and oxygen atoms in total. The molecule has 8 heteroatoms. The van der Waals surface area contributed by atoms with Crippen LogP contribution in [-0.2, 0) is 9.53 Å². The van der Waals surface area contributed by atoms with Crippen LogP contribution in [0, 0.1) is 0 Å². The van der Waals surface area contributed by atoms with Gasteiger partial charge in [0, 0.05) is 16.9 Å². The summed E-state index contributed by atoms with van der Waals surface area (Å²) in [4.78, 5) is 28.3. The minimum atomic E-state index is -0.859. The van der Waals surface area contributed by atoms with E-state index in [4.69, 9.17) is 18.9 Å². The standard InChI is InChI=1S/C23H25NO7/c1-5-31-18(25)12-15(13-10-11-17(28-2)22(30-4)21(13)29-3)19-20(26)14-8-6-7-9-16(14)24-23(19)27/h6-11,15H,5,12H2,1-4H3,(H2,24,26,27)/t15-/m1/s1. The number of methoxy groups -OCH3 is 3. The lowest BCUT2D eigenvalue weighted by molar-refractivity contribution is -0.143. The van der Waals surface area contributed by atoms with Crippen molar-refractivity contribution < 1.29 is 28.8 Å². The predicted molar refractivity (Wildman–Crippen MR) is 115 cm³/mol. The van der Waals surface area contributed by atoms with Gasteiger partial charge in [0.1, 0.15) is 5.75 Å². The molecule has 1 aromatic heterocycles. The van der Waals surface area contributed by atoms with E-state index in [1.165, 1.54) is 21.3 Å². The second-order valence-electron chi connectivity index (χ2n) is 6.75. The van der Waals surface area contributed by atoms with Crippen LogP contribution in [0.3, 0.4) is 0 Å². The van der Waals surface area contributed by atoms with Gasteiger partial charge >= 0.3 is 5.97 Å². The van der Waals surface area contributed by atoms with E-state index in [9.17, 15) is 14.7 Å². The number of fused-ring (bicyclic) bond motifs is 1. The zero-order valence-electron chi connectivity index (χ0n) is 17.9. The van der Waals surface area contributed by atoms with Gasteiger partial charge in [0.15, 0.2) is 11.5 Å². The average molecular weight is 427 g/mol. The van der Waals surface area contributed by atoms with E-state index in [0.29, 0.717) is 33.7 Å². The molecule has 0 radical (unpaired) electrons. The van der Waals surface area contributed by atoms with Gasteiger partial charge in [-0.1, -0.05) is 18.2 Å². The number of pyridine rings is 1. The molecule has 0 fully saturated rings. The quantitative estimate of drug-likeness (QED) is 0.531. The summed E-state index contributed by atoms with van der Waals surface area (Å²) < 4.78 is 21.5. The van der Waals surface area contributed by atoms with E-state index in [2.05, 4.69) is 4.98 Å². The molecule has 0 unspecified atom stereocenters. The normalized spacial score (nSPS) is 11.7. The van der Waals surface area contributed by atoms with E-state index in [1.54, 1.807) is 43.3 Å². The van der Waals surface area contributed by atoms with Gasteiger partial charge in [-0.2, -0.15) is 0 Å². The summed E-state index contributed by atoms with van der Waals surface area (Å²) in [6.45, 7) is 1.89. The maximum absolute atomic E-state index is 13.0. The van der Waals surface area contributed by atoms with Gasteiger partial charge < -0.3 is 29.0 Å². The van der Waals surface area contributed by atoms with Crippen molar-refractivity contribution in [1.82, 2.24) is 4.98 Å². The smallest absolute Gasteiger partial charge is 0.306 e. The summed E-state index contributed by atoms with van der Waals surface area (Å²) >= 11 is 0. The number of para-hydroxylation sites is 1. The first-order chi connectivity index (χ1) is 15.0. The first-order valence-electron chi connectivity index (χ1n) is 9.75. The third-order valence-electron chi connectivity index (χ3n) is 5.06. The van der Waals surface area contributed by atoms with Crippen LogP contribution in [0.15, 0.2) is 41.2 Å². The Labute approximate surface area is 179 Å². The van der Waals surface area contributed by atoms with Crippen LogP contribution in [0.5, 0.6) is 23.0 Å². The van der Waals surface area contributed by atoms with Crippen LogP contribution in [0.2, 0.25) is 0 Å². The van der Waals surface area contributed by atoms with Gasteiger partial charge in [0.05, 0.1) is 45.4 Å². The third kappa shape index (κ3) is 4.14. The molecule has 0 aliphatic rings. The molecule has 0 aliphatic heterocycles. The van der Waals surface area contributed by atoms with Crippen molar-refractivity contribution in [2.45, 2.75) is 19.3 Å². The van der Waals surface area contributed by atoms with Crippen LogP contribution in [0.4, 0.5) is 0 Å². The summed E-state index contributed by atoms with van der Waals surface area (Å²) in [5.41, 5.74) is 0.492. The van der Waals surface area contributed by atoms with E-state index in [0.717, 1.165) is 0 Å². The van der Waals surface area contributed by atoms with Crippen molar-refractivity contribution in [3.63, 3.8) is 0 Å². The molecule has 2 aromatic carbocycles. The molecule has 2 N–H and O–H groups in total.